The molecule has 0 aliphatic rings. The van der Waals surface area contributed by atoms with Crippen LogP contribution in [-0.4, -0.2) is 5.91 Å². The highest BCUT2D eigenvalue weighted by Crippen LogP contribution is 2.24. The number of amides is 1. The Morgan fingerprint density at radius 2 is 1.87 bits per heavy atom. The third-order valence-electron chi connectivity index (χ3n) is 1.93. The van der Waals surface area contributed by atoms with Gasteiger partial charge >= 0.3 is 0 Å². The minimum absolute atomic E-state index is 0.279. The van der Waals surface area contributed by atoms with E-state index in [1.807, 2.05) is 26.0 Å². The molecule has 0 saturated heterocycles. The van der Waals surface area contributed by atoms with Gasteiger partial charge in [-0.25, -0.2) is 0 Å². The first-order valence-corrected chi connectivity index (χ1v) is 5.34. The van der Waals surface area contributed by atoms with Gasteiger partial charge in [-0.3, -0.25) is 4.79 Å². The van der Waals surface area contributed by atoms with Crippen molar-refractivity contribution >= 4 is 27.5 Å². The lowest BCUT2D eigenvalue weighted by atomic mass is 10.1. The molecule has 0 heterocycles. The molecule has 1 N–H and O–H groups in total. The average Bonchev–Trinajstić information content (AvgIpc) is 2.14. The molecule has 0 aromatic heterocycles. The quantitative estimate of drug-likeness (QED) is 0.778. The number of hydrogen-bond donors (Lipinski definition) is 1. The van der Waals surface area contributed by atoms with E-state index in [4.69, 9.17) is 0 Å². The highest BCUT2D eigenvalue weighted by atomic mass is 79.9. The zero-order valence-electron chi connectivity index (χ0n) is 8.94. The summed E-state index contributed by atoms with van der Waals surface area (Å²) in [5.41, 5.74) is 2.96. The zero-order chi connectivity index (χ0) is 11.4. The predicted molar refractivity (Wildman–Crippen MR) is 65.7 cm³/mol. The van der Waals surface area contributed by atoms with Gasteiger partial charge in [0, 0.05) is 10.2 Å². The standard InChI is InChI=1S/C12H12BrNO/c1-4-5-11(15)14-10-6-8(2)12(13)9(3)7-10/h6-7H,1-3H3,(H,14,15). The molecule has 0 atom stereocenters. The van der Waals surface area contributed by atoms with E-state index in [-0.39, 0.29) is 5.91 Å². The van der Waals surface area contributed by atoms with Gasteiger partial charge in [0.1, 0.15) is 0 Å². The topological polar surface area (TPSA) is 29.1 Å². The van der Waals surface area contributed by atoms with E-state index in [2.05, 4.69) is 33.1 Å². The smallest absolute Gasteiger partial charge is 0.300 e. The summed E-state index contributed by atoms with van der Waals surface area (Å²) < 4.78 is 1.07. The molecule has 1 amide bonds. The van der Waals surface area contributed by atoms with Crippen molar-refractivity contribution in [3.63, 3.8) is 0 Å². The molecule has 0 fully saturated rings. The van der Waals surface area contributed by atoms with E-state index in [1.165, 1.54) is 0 Å². The van der Waals surface area contributed by atoms with Gasteiger partial charge in [0.25, 0.3) is 5.91 Å². The molecule has 15 heavy (non-hydrogen) atoms. The number of carbonyl (C=O) groups excluding carboxylic acids is 1. The molecule has 0 saturated carbocycles. The molecule has 0 aliphatic carbocycles. The second-order valence-corrected chi connectivity index (χ2v) is 4.05. The molecule has 0 aliphatic heterocycles. The summed E-state index contributed by atoms with van der Waals surface area (Å²) in [4.78, 5) is 11.2. The van der Waals surface area contributed by atoms with Crippen LogP contribution in [0.5, 0.6) is 0 Å². The summed E-state index contributed by atoms with van der Waals surface area (Å²) in [5, 5.41) is 2.72. The van der Waals surface area contributed by atoms with Crippen LogP contribution in [0.2, 0.25) is 0 Å². The summed E-state index contributed by atoms with van der Waals surface area (Å²) in [6.45, 7) is 5.61. The monoisotopic (exact) mass is 265 g/mol. The van der Waals surface area contributed by atoms with Crippen LogP contribution < -0.4 is 5.32 Å². The first-order valence-electron chi connectivity index (χ1n) is 4.55. The first kappa shape index (κ1) is 11.8. The van der Waals surface area contributed by atoms with E-state index >= 15 is 0 Å². The zero-order valence-corrected chi connectivity index (χ0v) is 10.5. The lowest BCUT2D eigenvalue weighted by Crippen LogP contribution is -2.08. The molecular formula is C12H12BrNO. The molecule has 0 unspecified atom stereocenters. The summed E-state index contributed by atoms with van der Waals surface area (Å²) in [5.74, 6) is 4.71. The Morgan fingerprint density at radius 3 is 2.33 bits per heavy atom. The van der Waals surface area contributed by atoms with Crippen molar-refractivity contribution < 1.29 is 4.79 Å². The molecular weight excluding hydrogens is 254 g/mol. The molecule has 3 heteroatoms. The highest BCUT2D eigenvalue weighted by molar-refractivity contribution is 9.10. The second kappa shape index (κ2) is 4.99. The molecule has 1 aromatic rings. The van der Waals surface area contributed by atoms with Gasteiger partial charge < -0.3 is 5.32 Å². The Bertz CT molecular complexity index is 431. The van der Waals surface area contributed by atoms with Crippen LogP contribution in [0.1, 0.15) is 18.1 Å². The van der Waals surface area contributed by atoms with Gasteiger partial charge in [0.15, 0.2) is 0 Å². The van der Waals surface area contributed by atoms with E-state index < -0.39 is 0 Å². The van der Waals surface area contributed by atoms with Crippen molar-refractivity contribution in [2.45, 2.75) is 20.8 Å². The summed E-state index contributed by atoms with van der Waals surface area (Å²) in [6.07, 6.45) is 0. The molecule has 1 aromatic carbocycles. The highest BCUT2D eigenvalue weighted by Gasteiger charge is 2.03. The van der Waals surface area contributed by atoms with Crippen molar-refractivity contribution in [2.75, 3.05) is 5.32 Å². The van der Waals surface area contributed by atoms with Crippen LogP contribution in [-0.2, 0) is 4.79 Å². The maximum absolute atomic E-state index is 11.2. The average molecular weight is 266 g/mol. The fourth-order valence-corrected chi connectivity index (χ4v) is 1.52. The minimum Gasteiger partial charge on any atom is -0.315 e. The van der Waals surface area contributed by atoms with Crippen LogP contribution in [0.25, 0.3) is 0 Å². The lowest BCUT2D eigenvalue weighted by molar-refractivity contribution is -0.111. The lowest BCUT2D eigenvalue weighted by Gasteiger charge is -2.07. The van der Waals surface area contributed by atoms with Gasteiger partial charge in [-0.15, -0.1) is 0 Å². The van der Waals surface area contributed by atoms with Crippen molar-refractivity contribution in [1.29, 1.82) is 0 Å². The van der Waals surface area contributed by atoms with Crippen LogP contribution in [0.3, 0.4) is 0 Å². The van der Waals surface area contributed by atoms with E-state index in [1.54, 1.807) is 6.92 Å². The van der Waals surface area contributed by atoms with Crippen LogP contribution >= 0.6 is 15.9 Å². The fraction of sp³-hybridized carbons (Fsp3) is 0.250. The molecule has 0 radical (unpaired) electrons. The van der Waals surface area contributed by atoms with Crippen molar-refractivity contribution in [3.8, 4) is 11.8 Å². The Morgan fingerprint density at radius 1 is 1.33 bits per heavy atom. The Balaban J connectivity index is 2.96. The van der Waals surface area contributed by atoms with Gasteiger partial charge in [-0.2, -0.15) is 0 Å². The second-order valence-electron chi connectivity index (χ2n) is 3.25. The number of aryl methyl sites for hydroxylation is 2. The first-order chi connectivity index (χ1) is 7.04. The fourth-order valence-electron chi connectivity index (χ4n) is 1.29. The molecule has 1 rings (SSSR count). The van der Waals surface area contributed by atoms with Gasteiger partial charge in [-0.05, 0) is 50.0 Å². The van der Waals surface area contributed by atoms with E-state index in [0.717, 1.165) is 21.3 Å². The molecule has 2 nitrogen and oxygen atoms in total. The number of hydrogen-bond acceptors (Lipinski definition) is 1. The van der Waals surface area contributed by atoms with E-state index in [9.17, 15) is 4.79 Å². The number of benzene rings is 1. The largest absolute Gasteiger partial charge is 0.315 e. The minimum atomic E-state index is -0.279. The van der Waals surface area contributed by atoms with Crippen molar-refractivity contribution in [2.24, 2.45) is 0 Å². The van der Waals surface area contributed by atoms with Crippen molar-refractivity contribution in [3.05, 3.63) is 27.7 Å². The molecule has 0 bridgehead atoms. The molecule has 78 valence electrons. The normalized spacial score (nSPS) is 9.07. The number of halogens is 1. The van der Waals surface area contributed by atoms with Crippen molar-refractivity contribution in [1.82, 2.24) is 0 Å². The third kappa shape index (κ3) is 3.10. The van der Waals surface area contributed by atoms with Gasteiger partial charge in [0.05, 0.1) is 0 Å². The Labute approximate surface area is 98.2 Å². The van der Waals surface area contributed by atoms with Crippen LogP contribution in [0.15, 0.2) is 16.6 Å². The number of rotatable bonds is 1. The predicted octanol–water partition coefficient (Wildman–Crippen LogP) is 3.03. The van der Waals surface area contributed by atoms with Gasteiger partial charge in [-0.1, -0.05) is 21.9 Å². The third-order valence-corrected chi connectivity index (χ3v) is 3.18. The Kier molecular flexibility index (Phi) is 3.93. The van der Waals surface area contributed by atoms with Gasteiger partial charge in [0.2, 0.25) is 0 Å². The summed E-state index contributed by atoms with van der Waals surface area (Å²) >= 11 is 3.47. The van der Waals surface area contributed by atoms with Crippen LogP contribution in [0.4, 0.5) is 5.69 Å². The summed E-state index contributed by atoms with van der Waals surface area (Å²) in [7, 11) is 0. The van der Waals surface area contributed by atoms with E-state index in [0.29, 0.717) is 0 Å². The number of carbonyl (C=O) groups is 1. The van der Waals surface area contributed by atoms with Crippen LogP contribution in [0, 0.1) is 25.7 Å². The maximum atomic E-state index is 11.2. The maximum Gasteiger partial charge on any atom is 0.300 e. The Hall–Kier alpha value is -1.27. The number of anilines is 1. The SMILES string of the molecule is CC#CC(=O)Nc1cc(C)c(Br)c(C)c1. The summed E-state index contributed by atoms with van der Waals surface area (Å²) in [6, 6.07) is 3.82. The molecule has 0 spiro atoms. The number of nitrogens with one attached hydrogen (secondary N) is 1.